The summed E-state index contributed by atoms with van der Waals surface area (Å²) in [4.78, 5) is 0. The minimum Gasteiger partial charge on any atom is -0.0619 e. The molecule has 0 aromatic rings. The van der Waals surface area contributed by atoms with Crippen LogP contribution in [0, 0.1) is 47.3 Å². The van der Waals surface area contributed by atoms with E-state index in [1.54, 1.807) is 12.8 Å². The van der Waals surface area contributed by atoms with Crippen molar-refractivity contribution in [3.63, 3.8) is 0 Å². The summed E-state index contributed by atoms with van der Waals surface area (Å²) in [6.45, 7) is 4.95. The van der Waals surface area contributed by atoms with Crippen LogP contribution < -0.4 is 0 Å². The predicted molar refractivity (Wildman–Crippen MR) is 48.5 cm³/mol. The molecule has 0 spiro atoms. The fraction of sp³-hybridized carbons (Fsp3) is 1.00. The highest BCUT2D eigenvalue weighted by Crippen LogP contribution is 2.75. The first-order valence-corrected chi connectivity index (χ1v) is 5.79. The minimum atomic E-state index is 1.13. The van der Waals surface area contributed by atoms with E-state index in [1.807, 2.05) is 0 Å². The van der Waals surface area contributed by atoms with Crippen molar-refractivity contribution in [3.05, 3.63) is 0 Å². The van der Waals surface area contributed by atoms with Crippen LogP contribution in [0.15, 0.2) is 0 Å². The minimum absolute atomic E-state index is 1.13. The highest BCUT2D eigenvalue weighted by Gasteiger charge is 2.70. The largest absolute Gasteiger partial charge is 0.0619 e. The van der Waals surface area contributed by atoms with Gasteiger partial charge in [-0.2, -0.15) is 0 Å². The lowest BCUT2D eigenvalue weighted by atomic mass is 9.67. The molecule has 8 atom stereocenters. The fourth-order valence-electron chi connectivity index (χ4n) is 4.79. The summed E-state index contributed by atoms with van der Waals surface area (Å²) in [6.07, 6.45) is 3.24. The summed E-state index contributed by atoms with van der Waals surface area (Å²) in [5, 5.41) is 0. The van der Waals surface area contributed by atoms with E-state index in [2.05, 4.69) is 13.8 Å². The van der Waals surface area contributed by atoms with Crippen LogP contribution in [-0.2, 0) is 0 Å². The second-order valence-corrected chi connectivity index (χ2v) is 6.00. The smallest absolute Gasteiger partial charge is 0.0323 e. The van der Waals surface area contributed by atoms with Crippen LogP contribution in [0.5, 0.6) is 0 Å². The summed E-state index contributed by atoms with van der Waals surface area (Å²) < 4.78 is 0. The summed E-state index contributed by atoms with van der Waals surface area (Å²) in [5.41, 5.74) is 0. The van der Waals surface area contributed by atoms with Crippen LogP contribution >= 0.6 is 0 Å². The highest BCUT2D eigenvalue weighted by molar-refractivity contribution is 5.18. The lowest BCUT2D eigenvalue weighted by Crippen LogP contribution is -2.32. The Hall–Kier alpha value is 0. The Balaban J connectivity index is 1.49. The first kappa shape index (κ1) is 6.45. The highest BCUT2D eigenvalue weighted by atomic mass is 14.7. The van der Waals surface area contributed by atoms with Gasteiger partial charge in [0.1, 0.15) is 0 Å². The molecular formula is C12H18. The lowest BCUT2D eigenvalue weighted by Gasteiger charge is -2.38. The summed E-state index contributed by atoms with van der Waals surface area (Å²) in [5.74, 6) is 9.48. The molecule has 0 N–H and O–H groups in total. The molecule has 0 aromatic heterocycles. The third kappa shape index (κ3) is 0.506. The van der Waals surface area contributed by atoms with Gasteiger partial charge in [0.15, 0.2) is 0 Å². The van der Waals surface area contributed by atoms with Crippen molar-refractivity contribution in [2.24, 2.45) is 47.3 Å². The Bertz CT molecular complexity index is 210. The van der Waals surface area contributed by atoms with Crippen LogP contribution in [0.2, 0.25) is 0 Å². The fourth-order valence-corrected chi connectivity index (χ4v) is 4.79. The molecule has 0 heterocycles. The first-order chi connectivity index (χ1) is 5.79. The standard InChI is InChI=1S/C12H18/c1-5-7-3-9(11(5)7)10-4-8-6(2)12(8)10/h5-12H,3-4H2,1-2H3. The molecule has 4 aliphatic rings. The summed E-state index contributed by atoms with van der Waals surface area (Å²) in [6, 6.07) is 0. The zero-order valence-electron chi connectivity index (χ0n) is 8.03. The Labute approximate surface area is 74.7 Å². The van der Waals surface area contributed by atoms with E-state index in [1.165, 1.54) is 35.5 Å². The van der Waals surface area contributed by atoms with Gasteiger partial charge in [-0.3, -0.25) is 0 Å². The van der Waals surface area contributed by atoms with Crippen molar-refractivity contribution in [2.45, 2.75) is 26.7 Å². The quantitative estimate of drug-likeness (QED) is 0.556. The van der Waals surface area contributed by atoms with Crippen molar-refractivity contribution < 1.29 is 0 Å². The molecule has 0 radical (unpaired) electrons. The van der Waals surface area contributed by atoms with E-state index in [0.717, 1.165) is 11.8 Å². The Morgan fingerprint density at radius 2 is 1.08 bits per heavy atom. The number of hydrogen-bond donors (Lipinski definition) is 0. The van der Waals surface area contributed by atoms with E-state index in [9.17, 15) is 0 Å². The van der Waals surface area contributed by atoms with Crippen LogP contribution in [0.4, 0.5) is 0 Å². The normalized spacial score (nSPS) is 76.5. The van der Waals surface area contributed by atoms with Crippen molar-refractivity contribution >= 4 is 0 Å². The van der Waals surface area contributed by atoms with Gasteiger partial charge in [-0.1, -0.05) is 13.8 Å². The molecule has 66 valence electrons. The SMILES string of the molecule is CC1C2CC(C3CC4C(C)C43)C12. The van der Waals surface area contributed by atoms with Gasteiger partial charge in [-0.05, 0) is 60.2 Å². The molecule has 4 fully saturated rings. The van der Waals surface area contributed by atoms with Crippen molar-refractivity contribution in [2.75, 3.05) is 0 Å². The average molecular weight is 162 g/mol. The van der Waals surface area contributed by atoms with Gasteiger partial charge in [0.05, 0.1) is 0 Å². The van der Waals surface area contributed by atoms with E-state index in [0.29, 0.717) is 0 Å². The zero-order chi connectivity index (χ0) is 8.03. The molecule has 4 aliphatic carbocycles. The number of fused-ring (bicyclic) bond motifs is 2. The van der Waals surface area contributed by atoms with Gasteiger partial charge in [-0.15, -0.1) is 0 Å². The van der Waals surface area contributed by atoms with Gasteiger partial charge in [-0.25, -0.2) is 0 Å². The van der Waals surface area contributed by atoms with Gasteiger partial charge in [0.25, 0.3) is 0 Å². The molecule has 0 aliphatic heterocycles. The maximum absolute atomic E-state index is 2.47. The maximum Gasteiger partial charge on any atom is -0.0323 e. The van der Waals surface area contributed by atoms with Crippen molar-refractivity contribution in [1.29, 1.82) is 0 Å². The third-order valence-electron chi connectivity index (χ3n) is 5.90. The molecule has 8 unspecified atom stereocenters. The lowest BCUT2D eigenvalue weighted by molar-refractivity contribution is 0.101. The summed E-state index contributed by atoms with van der Waals surface area (Å²) >= 11 is 0. The number of rotatable bonds is 1. The monoisotopic (exact) mass is 162 g/mol. The third-order valence-corrected chi connectivity index (χ3v) is 5.90. The molecule has 0 heteroatoms. The van der Waals surface area contributed by atoms with Crippen LogP contribution in [0.3, 0.4) is 0 Å². The zero-order valence-corrected chi connectivity index (χ0v) is 8.03. The van der Waals surface area contributed by atoms with Crippen molar-refractivity contribution in [1.82, 2.24) is 0 Å². The molecule has 0 saturated heterocycles. The molecule has 12 heavy (non-hydrogen) atoms. The van der Waals surface area contributed by atoms with E-state index in [-0.39, 0.29) is 0 Å². The van der Waals surface area contributed by atoms with Crippen molar-refractivity contribution in [3.8, 4) is 0 Å². The van der Waals surface area contributed by atoms with Gasteiger partial charge < -0.3 is 0 Å². The van der Waals surface area contributed by atoms with Gasteiger partial charge >= 0.3 is 0 Å². The topological polar surface area (TPSA) is 0 Å². The maximum atomic E-state index is 2.47. The van der Waals surface area contributed by atoms with Crippen LogP contribution in [-0.4, -0.2) is 0 Å². The average Bonchev–Trinajstić information content (AvgIpc) is 2.60. The number of hydrogen-bond acceptors (Lipinski definition) is 0. The second-order valence-electron chi connectivity index (χ2n) is 6.00. The molecule has 4 rings (SSSR count). The molecular weight excluding hydrogens is 144 g/mol. The Morgan fingerprint density at radius 3 is 1.25 bits per heavy atom. The predicted octanol–water partition coefficient (Wildman–Crippen LogP) is 2.79. The van der Waals surface area contributed by atoms with E-state index in [4.69, 9.17) is 0 Å². The van der Waals surface area contributed by atoms with Crippen LogP contribution in [0.1, 0.15) is 26.7 Å². The van der Waals surface area contributed by atoms with Gasteiger partial charge in [0, 0.05) is 0 Å². The van der Waals surface area contributed by atoms with E-state index >= 15 is 0 Å². The molecule has 0 aromatic carbocycles. The Kier molecular flexibility index (Phi) is 0.875. The molecule has 0 nitrogen and oxygen atoms in total. The Morgan fingerprint density at radius 1 is 0.667 bits per heavy atom. The summed E-state index contributed by atoms with van der Waals surface area (Å²) in [7, 11) is 0. The van der Waals surface area contributed by atoms with E-state index < -0.39 is 0 Å². The molecule has 0 amide bonds. The first-order valence-electron chi connectivity index (χ1n) is 5.79. The molecule has 0 bridgehead atoms. The second kappa shape index (κ2) is 1.63. The van der Waals surface area contributed by atoms with Gasteiger partial charge in [0.2, 0.25) is 0 Å². The van der Waals surface area contributed by atoms with Crippen LogP contribution in [0.25, 0.3) is 0 Å². The molecule has 4 saturated carbocycles.